The van der Waals surface area contributed by atoms with Crippen molar-refractivity contribution in [2.75, 3.05) is 26.3 Å². The van der Waals surface area contributed by atoms with E-state index in [0.717, 1.165) is 18.4 Å². The molecule has 0 aliphatic rings. The van der Waals surface area contributed by atoms with E-state index in [-0.39, 0.29) is 23.9 Å². The normalized spacial score (nSPS) is 11.2. The van der Waals surface area contributed by atoms with Crippen molar-refractivity contribution in [2.24, 2.45) is 0 Å². The van der Waals surface area contributed by atoms with Gasteiger partial charge in [-0.2, -0.15) is 0 Å². The highest BCUT2D eigenvalue weighted by atomic mass is 32.2. The molecular formula is C22H30N2O5S. The van der Waals surface area contributed by atoms with E-state index >= 15 is 0 Å². The van der Waals surface area contributed by atoms with E-state index < -0.39 is 10.0 Å². The molecule has 2 aromatic carbocycles. The molecule has 0 saturated carbocycles. The molecule has 30 heavy (non-hydrogen) atoms. The lowest BCUT2D eigenvalue weighted by Crippen LogP contribution is -2.34. The number of sulfonamides is 1. The summed E-state index contributed by atoms with van der Waals surface area (Å²) in [6, 6.07) is 11.6. The number of rotatable bonds is 12. The Bertz CT molecular complexity index is 927. The van der Waals surface area contributed by atoms with Gasteiger partial charge in [0, 0.05) is 18.7 Å². The van der Waals surface area contributed by atoms with Crippen LogP contribution < -0.4 is 19.5 Å². The molecule has 0 fully saturated rings. The Morgan fingerprint density at radius 2 is 1.53 bits per heavy atom. The van der Waals surface area contributed by atoms with E-state index in [1.54, 1.807) is 42.5 Å². The minimum absolute atomic E-state index is 0.0822. The maximum absolute atomic E-state index is 12.4. The van der Waals surface area contributed by atoms with Gasteiger partial charge in [-0.05, 0) is 50.1 Å². The predicted molar refractivity (Wildman–Crippen MR) is 117 cm³/mol. The molecule has 8 heteroatoms. The Balaban J connectivity index is 1.92. The van der Waals surface area contributed by atoms with E-state index in [1.165, 1.54) is 0 Å². The van der Waals surface area contributed by atoms with Gasteiger partial charge in [-0.25, -0.2) is 13.1 Å². The zero-order chi connectivity index (χ0) is 22.0. The minimum Gasteiger partial charge on any atom is -0.490 e. The number of nitrogens with one attached hydrogen (secondary N) is 2. The van der Waals surface area contributed by atoms with Crippen molar-refractivity contribution in [1.82, 2.24) is 10.0 Å². The van der Waals surface area contributed by atoms with E-state index in [2.05, 4.69) is 10.0 Å². The van der Waals surface area contributed by atoms with E-state index in [1.807, 2.05) is 20.8 Å². The van der Waals surface area contributed by atoms with Crippen LogP contribution in [-0.2, 0) is 10.0 Å². The number of benzene rings is 2. The first-order chi connectivity index (χ1) is 14.4. The van der Waals surface area contributed by atoms with Crippen LogP contribution in [0.4, 0.5) is 0 Å². The highest BCUT2D eigenvalue weighted by Gasteiger charge is 2.14. The number of hydrogen-bond donors (Lipinski definition) is 2. The molecule has 0 spiro atoms. The molecule has 0 heterocycles. The number of amides is 1. The standard InChI is InChI=1S/C22H30N2O5S/c1-4-14-28-20-11-8-18(16-21(20)29-15-5-2)22(25)23-12-13-24-30(26,27)19-9-6-17(3)7-10-19/h6-11,16,24H,4-5,12-15H2,1-3H3,(H,23,25). The molecule has 0 aliphatic carbocycles. The monoisotopic (exact) mass is 434 g/mol. The molecule has 0 bridgehead atoms. The number of hydrogen-bond acceptors (Lipinski definition) is 5. The average molecular weight is 435 g/mol. The molecule has 0 atom stereocenters. The quantitative estimate of drug-likeness (QED) is 0.500. The second kappa shape index (κ2) is 11.6. The SMILES string of the molecule is CCCOc1ccc(C(=O)NCCNS(=O)(=O)c2ccc(C)cc2)cc1OCCC. The average Bonchev–Trinajstić information content (AvgIpc) is 2.74. The van der Waals surface area contributed by atoms with Crippen LogP contribution in [0.2, 0.25) is 0 Å². The van der Waals surface area contributed by atoms with Gasteiger partial charge >= 0.3 is 0 Å². The lowest BCUT2D eigenvalue weighted by atomic mass is 10.2. The van der Waals surface area contributed by atoms with Crippen LogP contribution in [0, 0.1) is 6.92 Å². The Hall–Kier alpha value is -2.58. The van der Waals surface area contributed by atoms with Crippen molar-refractivity contribution in [2.45, 2.75) is 38.5 Å². The van der Waals surface area contributed by atoms with Gasteiger partial charge in [0.05, 0.1) is 18.1 Å². The van der Waals surface area contributed by atoms with Crippen LogP contribution in [0.25, 0.3) is 0 Å². The van der Waals surface area contributed by atoms with E-state index in [9.17, 15) is 13.2 Å². The van der Waals surface area contributed by atoms with Crippen LogP contribution in [0.15, 0.2) is 47.4 Å². The van der Waals surface area contributed by atoms with Crippen molar-refractivity contribution in [1.29, 1.82) is 0 Å². The zero-order valence-corrected chi connectivity index (χ0v) is 18.6. The third-order valence-electron chi connectivity index (χ3n) is 4.16. The number of aryl methyl sites for hydroxylation is 1. The van der Waals surface area contributed by atoms with Crippen molar-refractivity contribution in [3.8, 4) is 11.5 Å². The summed E-state index contributed by atoms with van der Waals surface area (Å²) in [4.78, 5) is 12.6. The summed E-state index contributed by atoms with van der Waals surface area (Å²) in [7, 11) is -3.61. The largest absolute Gasteiger partial charge is 0.490 e. The van der Waals surface area contributed by atoms with Gasteiger partial charge in [-0.15, -0.1) is 0 Å². The summed E-state index contributed by atoms with van der Waals surface area (Å²) in [6.45, 7) is 7.23. The highest BCUT2D eigenvalue weighted by molar-refractivity contribution is 7.89. The fourth-order valence-electron chi connectivity index (χ4n) is 2.57. The zero-order valence-electron chi connectivity index (χ0n) is 17.7. The number of carbonyl (C=O) groups is 1. The van der Waals surface area contributed by atoms with Crippen LogP contribution >= 0.6 is 0 Å². The van der Waals surface area contributed by atoms with Crippen LogP contribution in [0.1, 0.15) is 42.6 Å². The first-order valence-electron chi connectivity index (χ1n) is 10.1. The maximum Gasteiger partial charge on any atom is 0.251 e. The van der Waals surface area contributed by atoms with Gasteiger partial charge < -0.3 is 14.8 Å². The molecule has 0 radical (unpaired) electrons. The number of ether oxygens (including phenoxy) is 2. The Labute approximate surface area is 178 Å². The van der Waals surface area contributed by atoms with Crippen molar-refractivity contribution in [3.05, 3.63) is 53.6 Å². The van der Waals surface area contributed by atoms with E-state index in [0.29, 0.717) is 30.3 Å². The lowest BCUT2D eigenvalue weighted by molar-refractivity contribution is 0.0953. The maximum atomic E-state index is 12.4. The minimum atomic E-state index is -3.61. The van der Waals surface area contributed by atoms with Crippen LogP contribution in [-0.4, -0.2) is 40.6 Å². The van der Waals surface area contributed by atoms with Crippen molar-refractivity contribution < 1.29 is 22.7 Å². The first-order valence-corrected chi connectivity index (χ1v) is 11.6. The van der Waals surface area contributed by atoms with Gasteiger partial charge in [0.2, 0.25) is 10.0 Å². The topological polar surface area (TPSA) is 93.7 Å². The van der Waals surface area contributed by atoms with Crippen LogP contribution in [0.5, 0.6) is 11.5 Å². The predicted octanol–water partition coefficient (Wildman–Crippen LogP) is 3.28. The number of carbonyl (C=O) groups excluding carboxylic acids is 1. The second-order valence-electron chi connectivity index (χ2n) is 6.83. The molecule has 2 aromatic rings. The fourth-order valence-corrected chi connectivity index (χ4v) is 3.60. The summed E-state index contributed by atoms with van der Waals surface area (Å²) >= 11 is 0. The molecule has 0 saturated heterocycles. The molecule has 0 unspecified atom stereocenters. The van der Waals surface area contributed by atoms with Crippen molar-refractivity contribution >= 4 is 15.9 Å². The van der Waals surface area contributed by atoms with E-state index in [4.69, 9.17) is 9.47 Å². The molecule has 0 aromatic heterocycles. The summed E-state index contributed by atoms with van der Waals surface area (Å²) in [5.41, 5.74) is 1.40. The Kier molecular flexibility index (Phi) is 9.14. The highest BCUT2D eigenvalue weighted by Crippen LogP contribution is 2.28. The van der Waals surface area contributed by atoms with Gasteiger partial charge in [0.25, 0.3) is 5.91 Å². The Morgan fingerprint density at radius 1 is 0.900 bits per heavy atom. The molecule has 164 valence electrons. The molecular weight excluding hydrogens is 404 g/mol. The third-order valence-corrected chi connectivity index (χ3v) is 5.64. The van der Waals surface area contributed by atoms with Crippen molar-refractivity contribution in [3.63, 3.8) is 0 Å². The Morgan fingerprint density at radius 3 is 2.17 bits per heavy atom. The van der Waals surface area contributed by atoms with Gasteiger partial charge in [0.1, 0.15) is 0 Å². The molecule has 1 amide bonds. The van der Waals surface area contributed by atoms with Gasteiger partial charge in [-0.1, -0.05) is 31.5 Å². The third kappa shape index (κ3) is 7.03. The summed E-state index contributed by atoms with van der Waals surface area (Å²) in [6.07, 6.45) is 1.71. The fraction of sp³-hybridized carbons (Fsp3) is 0.409. The van der Waals surface area contributed by atoms with Gasteiger partial charge in [0.15, 0.2) is 11.5 Å². The smallest absolute Gasteiger partial charge is 0.251 e. The second-order valence-corrected chi connectivity index (χ2v) is 8.59. The first kappa shape index (κ1) is 23.7. The molecule has 0 aliphatic heterocycles. The van der Waals surface area contributed by atoms with Gasteiger partial charge in [-0.3, -0.25) is 4.79 Å². The molecule has 2 rings (SSSR count). The summed E-state index contributed by atoms with van der Waals surface area (Å²) < 4.78 is 38.4. The van der Waals surface area contributed by atoms with Crippen LogP contribution in [0.3, 0.4) is 0 Å². The summed E-state index contributed by atoms with van der Waals surface area (Å²) in [5.74, 6) is 0.818. The lowest BCUT2D eigenvalue weighted by Gasteiger charge is -2.14. The summed E-state index contributed by atoms with van der Waals surface area (Å²) in [5, 5.41) is 2.72. The molecule has 2 N–H and O–H groups in total. The molecule has 7 nitrogen and oxygen atoms in total.